The van der Waals surface area contributed by atoms with Crippen LogP contribution in [0.25, 0.3) is 0 Å². The summed E-state index contributed by atoms with van der Waals surface area (Å²) in [5.74, 6) is -2.38. The first kappa shape index (κ1) is 19.1. The van der Waals surface area contributed by atoms with Gasteiger partial charge in [0.2, 0.25) is 0 Å². The van der Waals surface area contributed by atoms with Gasteiger partial charge in [-0.05, 0) is 44.0 Å². The molecule has 1 aromatic carbocycles. The van der Waals surface area contributed by atoms with Crippen molar-refractivity contribution in [3.05, 3.63) is 25.6 Å². The molecule has 10 heteroatoms. The Morgan fingerprint density at radius 1 is 0.958 bits per heavy atom. The molecule has 0 spiro atoms. The van der Waals surface area contributed by atoms with Crippen LogP contribution >= 0.6 is 47.8 Å². The highest BCUT2D eigenvalue weighted by Gasteiger charge is 2.32. The summed E-state index contributed by atoms with van der Waals surface area (Å²) in [5, 5.41) is 0.440. The number of hydrogen-bond acceptors (Lipinski definition) is 6. The molecule has 0 radical (unpaired) electrons. The van der Waals surface area contributed by atoms with Crippen LogP contribution in [0, 0.1) is 0 Å². The van der Waals surface area contributed by atoms with E-state index < -0.39 is 23.8 Å². The van der Waals surface area contributed by atoms with E-state index in [4.69, 9.17) is 4.74 Å². The molecule has 1 saturated heterocycles. The standard InChI is InChI=1S/C14H10Br3NO6/c15-7-5-8(16)14(9(17)6-7)23-12(21)3-4-13(22)24-18-10(19)1-2-11(18)20/h5-6H,1-4H2. The number of hydrogen-bond donors (Lipinski definition) is 0. The first-order valence-corrected chi connectivity index (χ1v) is 9.07. The predicted molar refractivity (Wildman–Crippen MR) is 91.6 cm³/mol. The van der Waals surface area contributed by atoms with Gasteiger partial charge in [-0.3, -0.25) is 14.4 Å². The molecule has 0 N–H and O–H groups in total. The summed E-state index contributed by atoms with van der Waals surface area (Å²) in [5.41, 5.74) is 0. The van der Waals surface area contributed by atoms with Gasteiger partial charge >= 0.3 is 11.9 Å². The monoisotopic (exact) mass is 525 g/mol. The maximum absolute atomic E-state index is 11.8. The number of nitrogens with zero attached hydrogens (tertiary/aromatic N) is 1. The minimum Gasteiger partial charge on any atom is -0.424 e. The van der Waals surface area contributed by atoms with Crippen molar-refractivity contribution in [1.82, 2.24) is 5.06 Å². The normalized spacial score (nSPS) is 14.0. The molecule has 1 fully saturated rings. The minimum atomic E-state index is -0.857. The van der Waals surface area contributed by atoms with Crippen molar-refractivity contribution in [2.75, 3.05) is 0 Å². The van der Waals surface area contributed by atoms with Crippen LogP contribution in [-0.4, -0.2) is 28.8 Å². The number of carbonyl (C=O) groups is 4. The van der Waals surface area contributed by atoms with E-state index in [0.717, 1.165) is 4.47 Å². The van der Waals surface area contributed by atoms with Crippen LogP contribution in [-0.2, 0) is 24.0 Å². The fraction of sp³-hybridized carbons (Fsp3) is 0.286. The average molecular weight is 528 g/mol. The third-order valence-electron chi connectivity index (χ3n) is 2.91. The Balaban J connectivity index is 1.86. The summed E-state index contributed by atoms with van der Waals surface area (Å²) in [6.45, 7) is 0. The molecule has 0 aromatic heterocycles. The van der Waals surface area contributed by atoms with Gasteiger partial charge in [-0.15, -0.1) is 5.06 Å². The summed E-state index contributed by atoms with van der Waals surface area (Å²) < 4.78 is 7.06. The third kappa shape index (κ3) is 4.87. The largest absolute Gasteiger partial charge is 0.424 e. The fourth-order valence-electron chi connectivity index (χ4n) is 1.80. The Morgan fingerprint density at radius 2 is 1.46 bits per heavy atom. The quantitative estimate of drug-likeness (QED) is 0.332. The van der Waals surface area contributed by atoms with Crippen LogP contribution in [0.5, 0.6) is 5.75 Å². The maximum Gasteiger partial charge on any atom is 0.333 e. The molecule has 1 aliphatic heterocycles. The summed E-state index contributed by atoms with van der Waals surface area (Å²) in [6, 6.07) is 3.40. The van der Waals surface area contributed by atoms with Gasteiger partial charge in [0.15, 0.2) is 5.75 Å². The van der Waals surface area contributed by atoms with Gasteiger partial charge in [0.05, 0.1) is 21.8 Å². The van der Waals surface area contributed by atoms with Crippen molar-refractivity contribution in [1.29, 1.82) is 0 Å². The molecule has 1 aliphatic rings. The Morgan fingerprint density at radius 3 is 2.00 bits per heavy atom. The Kier molecular flexibility index (Phi) is 6.53. The van der Waals surface area contributed by atoms with Gasteiger partial charge in [-0.25, -0.2) is 4.79 Å². The van der Waals surface area contributed by atoms with Crippen LogP contribution in [0.4, 0.5) is 0 Å². The maximum atomic E-state index is 11.8. The second kappa shape index (κ2) is 8.21. The van der Waals surface area contributed by atoms with E-state index in [-0.39, 0.29) is 31.4 Å². The van der Waals surface area contributed by atoms with Crippen LogP contribution in [0.15, 0.2) is 25.6 Å². The smallest absolute Gasteiger partial charge is 0.333 e. The lowest BCUT2D eigenvalue weighted by atomic mass is 10.3. The van der Waals surface area contributed by atoms with Crippen molar-refractivity contribution in [2.45, 2.75) is 25.7 Å². The van der Waals surface area contributed by atoms with E-state index in [1.54, 1.807) is 12.1 Å². The first-order valence-electron chi connectivity index (χ1n) is 6.69. The molecular formula is C14H10Br3NO6. The molecule has 2 amide bonds. The highest BCUT2D eigenvalue weighted by atomic mass is 79.9. The molecule has 0 bridgehead atoms. The molecule has 24 heavy (non-hydrogen) atoms. The van der Waals surface area contributed by atoms with Crippen molar-refractivity contribution >= 4 is 71.5 Å². The summed E-state index contributed by atoms with van der Waals surface area (Å²) >= 11 is 9.83. The first-order chi connectivity index (χ1) is 11.3. The van der Waals surface area contributed by atoms with Crippen molar-refractivity contribution in [2.24, 2.45) is 0 Å². The van der Waals surface area contributed by atoms with E-state index in [2.05, 4.69) is 52.6 Å². The molecule has 2 rings (SSSR count). The Bertz CT molecular complexity index is 681. The van der Waals surface area contributed by atoms with Gasteiger partial charge in [-0.2, -0.15) is 0 Å². The van der Waals surface area contributed by atoms with Gasteiger partial charge in [0.1, 0.15) is 0 Å². The molecule has 0 aliphatic carbocycles. The molecule has 1 aromatic rings. The van der Waals surface area contributed by atoms with E-state index >= 15 is 0 Å². The molecule has 7 nitrogen and oxygen atoms in total. The van der Waals surface area contributed by atoms with Gasteiger partial charge in [0, 0.05) is 17.3 Å². The van der Waals surface area contributed by atoms with Gasteiger partial charge in [0.25, 0.3) is 11.8 Å². The van der Waals surface area contributed by atoms with E-state index in [0.29, 0.717) is 14.0 Å². The topological polar surface area (TPSA) is 90.0 Å². The SMILES string of the molecule is O=C(CCC(=O)ON1C(=O)CCC1=O)Oc1c(Br)cc(Br)cc1Br. The summed E-state index contributed by atoms with van der Waals surface area (Å²) in [6.07, 6.45) is -0.550. The number of rotatable bonds is 5. The van der Waals surface area contributed by atoms with Crippen LogP contribution in [0.3, 0.4) is 0 Å². The zero-order chi connectivity index (χ0) is 17.9. The van der Waals surface area contributed by atoms with Gasteiger partial charge in [-0.1, -0.05) is 15.9 Å². The van der Waals surface area contributed by atoms with E-state index in [9.17, 15) is 19.2 Å². The number of ether oxygens (including phenoxy) is 1. The fourth-order valence-corrected chi connectivity index (χ4v) is 4.22. The zero-order valence-electron chi connectivity index (χ0n) is 12.0. The van der Waals surface area contributed by atoms with Gasteiger partial charge < -0.3 is 9.57 Å². The number of amides is 2. The number of hydroxylamine groups is 2. The lowest BCUT2D eigenvalue weighted by molar-refractivity contribution is -0.197. The Hall–Kier alpha value is -1.26. The minimum absolute atomic E-state index is 0.0137. The molecule has 128 valence electrons. The number of carbonyl (C=O) groups excluding carboxylic acids is 4. The molecule has 0 atom stereocenters. The number of benzene rings is 1. The number of esters is 1. The number of halogens is 3. The van der Waals surface area contributed by atoms with Crippen LogP contribution in [0.1, 0.15) is 25.7 Å². The lowest BCUT2D eigenvalue weighted by Gasteiger charge is -2.12. The average Bonchev–Trinajstić information content (AvgIpc) is 2.80. The second-order valence-corrected chi connectivity index (χ2v) is 7.34. The second-order valence-electron chi connectivity index (χ2n) is 4.72. The Labute approximate surface area is 162 Å². The predicted octanol–water partition coefficient (Wildman–Crippen LogP) is 3.27. The lowest BCUT2D eigenvalue weighted by Crippen LogP contribution is -2.32. The summed E-state index contributed by atoms with van der Waals surface area (Å²) in [4.78, 5) is 50.8. The van der Waals surface area contributed by atoms with Crippen molar-refractivity contribution in [3.63, 3.8) is 0 Å². The molecule has 0 unspecified atom stereocenters. The van der Waals surface area contributed by atoms with E-state index in [1.807, 2.05) is 0 Å². The molecule has 0 saturated carbocycles. The zero-order valence-corrected chi connectivity index (χ0v) is 16.8. The van der Waals surface area contributed by atoms with Crippen LogP contribution in [0.2, 0.25) is 0 Å². The molecular weight excluding hydrogens is 518 g/mol. The molecule has 1 heterocycles. The highest BCUT2D eigenvalue weighted by molar-refractivity contribution is 9.11. The third-order valence-corrected chi connectivity index (χ3v) is 4.55. The highest BCUT2D eigenvalue weighted by Crippen LogP contribution is 2.36. The number of imide groups is 1. The van der Waals surface area contributed by atoms with Crippen LogP contribution < -0.4 is 4.74 Å². The van der Waals surface area contributed by atoms with Crippen molar-refractivity contribution < 1.29 is 28.8 Å². The van der Waals surface area contributed by atoms with Crippen molar-refractivity contribution in [3.8, 4) is 5.75 Å². The summed E-state index contributed by atoms with van der Waals surface area (Å²) in [7, 11) is 0. The van der Waals surface area contributed by atoms with E-state index in [1.165, 1.54) is 0 Å².